The van der Waals surface area contributed by atoms with E-state index in [1.807, 2.05) is 6.07 Å². The summed E-state index contributed by atoms with van der Waals surface area (Å²) < 4.78 is 22.5. The first-order valence-corrected chi connectivity index (χ1v) is 34.6. The third-order valence-electron chi connectivity index (χ3n) is 15.4. The van der Waals surface area contributed by atoms with E-state index in [1.54, 1.807) is 195 Å². The first-order chi connectivity index (χ1) is 48.0. The summed E-state index contributed by atoms with van der Waals surface area (Å²) in [5.41, 5.74) is 14.0. The summed E-state index contributed by atoms with van der Waals surface area (Å²) >= 11 is 1.33. The average molecular weight is 1410 g/mol. The lowest BCUT2D eigenvalue weighted by Gasteiger charge is -2.29. The lowest BCUT2D eigenvalue weighted by Crippen LogP contribution is -2.61. The van der Waals surface area contributed by atoms with Crippen molar-refractivity contribution in [1.82, 2.24) is 42.5 Å². The standard InChI is InChI=1S/C73H96N12O15S/c1-44(2)38-56(78-67(91)57(39-47-20-14-11-15-21-47)79-64(88)54(34-35-60(74)86)77-70(94)62(45(3)4)82-68(92)58(40-48-22-16-12-17-23-48)81-72(96)100-73(6,7)8)66(90)76-55(36-37-101-10)65(89)80-59(41-61(75)87)69(93)83-63(46(5)98-42-49-24-18-13-19-25-49)71(95)99-43-50-26-28-51(29-27-50)84-85-52-30-32-53(97-9)33-31-52/h11-33,44-46,54-59,62-63H,34-43H2,1-10H3,(H2,74,86)(H2,75,87)(H,76,90)(H,77,94)(H,78,91)(H,79,88)(H,80,89)(H,81,96)(H,82,92)(H,83,93). The topological polar surface area (TPSA) is 398 Å². The van der Waals surface area contributed by atoms with Gasteiger partial charge in [0.25, 0.3) is 0 Å². The highest BCUT2D eigenvalue weighted by molar-refractivity contribution is 7.98. The molecule has 5 aromatic carbocycles. The molecule has 9 atom stereocenters. The van der Waals surface area contributed by atoms with Gasteiger partial charge in [-0.15, -0.1) is 0 Å². The number of azo groups is 1. The maximum atomic E-state index is 14.8. The highest BCUT2D eigenvalue weighted by Gasteiger charge is 2.38. The number of alkyl carbamates (subject to hydrolysis) is 1. The van der Waals surface area contributed by atoms with E-state index in [9.17, 15) is 52.7 Å². The molecule has 0 spiro atoms. The Morgan fingerprint density at radius 2 is 0.911 bits per heavy atom. The van der Waals surface area contributed by atoms with E-state index in [0.29, 0.717) is 33.8 Å². The maximum Gasteiger partial charge on any atom is 0.408 e. The number of carbonyl (C=O) groups excluding carboxylic acids is 11. The average Bonchev–Trinajstić information content (AvgIpc) is 0.904. The number of hydrogen-bond donors (Lipinski definition) is 10. The molecule has 9 unspecified atom stereocenters. The summed E-state index contributed by atoms with van der Waals surface area (Å²) in [6, 6.07) is 28.6. The van der Waals surface area contributed by atoms with Crippen molar-refractivity contribution in [2.24, 2.45) is 33.5 Å². The van der Waals surface area contributed by atoms with Crippen LogP contribution < -0.4 is 58.7 Å². The highest BCUT2D eigenvalue weighted by Crippen LogP contribution is 2.23. The van der Waals surface area contributed by atoms with E-state index >= 15 is 0 Å². The number of nitrogens with zero attached hydrogens (tertiary/aromatic N) is 2. The maximum absolute atomic E-state index is 14.8. The molecule has 5 aromatic rings. The predicted molar refractivity (Wildman–Crippen MR) is 381 cm³/mol. The molecule has 0 bridgehead atoms. The molecule has 544 valence electrons. The number of nitrogens with one attached hydrogen (secondary N) is 8. The number of ether oxygens (including phenoxy) is 4. The van der Waals surface area contributed by atoms with Crippen LogP contribution in [0, 0.1) is 11.8 Å². The summed E-state index contributed by atoms with van der Waals surface area (Å²) in [5, 5.41) is 29.8. The third kappa shape index (κ3) is 29.6. The largest absolute Gasteiger partial charge is 0.497 e. The first-order valence-electron chi connectivity index (χ1n) is 33.2. The van der Waals surface area contributed by atoms with Gasteiger partial charge in [0.2, 0.25) is 53.2 Å². The van der Waals surface area contributed by atoms with Crippen molar-refractivity contribution < 1.29 is 71.7 Å². The molecule has 0 saturated carbocycles. The Morgan fingerprint density at radius 3 is 1.42 bits per heavy atom. The molecule has 0 fully saturated rings. The van der Waals surface area contributed by atoms with Gasteiger partial charge >= 0.3 is 12.1 Å². The minimum atomic E-state index is -1.71. The van der Waals surface area contributed by atoms with E-state index in [4.69, 9.17) is 30.4 Å². The molecule has 10 amide bonds. The zero-order valence-electron chi connectivity index (χ0n) is 58.8. The quantitative estimate of drug-likeness (QED) is 0.0156. The second-order valence-electron chi connectivity index (χ2n) is 25.9. The van der Waals surface area contributed by atoms with Crippen molar-refractivity contribution in [3.05, 3.63) is 162 Å². The van der Waals surface area contributed by atoms with Gasteiger partial charge in [0.15, 0.2) is 6.04 Å². The SMILES string of the molecule is COc1ccc(N=Nc2ccc(COC(=O)C(NC(=O)C(CC(N)=O)NC(=O)C(CCSC)NC(=O)C(CC(C)C)NC(=O)C(Cc3ccccc3)NC(=O)C(CCC(N)=O)NC(=O)C(NC(=O)C(Cc3ccccc3)NC(=O)OC(C)(C)C)C(C)C)C(C)OCc3ccccc3)cc2)cc1. The Labute approximate surface area is 593 Å². The minimum absolute atomic E-state index is 0.00300. The molecule has 5 rings (SSSR count). The molecule has 27 nitrogen and oxygen atoms in total. The van der Waals surface area contributed by atoms with Crippen LogP contribution in [0.15, 0.2) is 150 Å². The van der Waals surface area contributed by atoms with E-state index < -0.39 is 144 Å². The lowest BCUT2D eigenvalue weighted by atomic mass is 9.99. The van der Waals surface area contributed by atoms with Gasteiger partial charge in [0.1, 0.15) is 60.3 Å². The fraction of sp³-hybridized carbons (Fsp3) is 0.438. The van der Waals surface area contributed by atoms with E-state index in [0.717, 1.165) is 5.56 Å². The summed E-state index contributed by atoms with van der Waals surface area (Å²) in [4.78, 5) is 154. The van der Waals surface area contributed by atoms with Crippen LogP contribution in [0.5, 0.6) is 5.75 Å². The number of esters is 1. The zero-order valence-corrected chi connectivity index (χ0v) is 59.6. The molecule has 0 radical (unpaired) electrons. The molecular formula is C73H96N12O15S. The Kier molecular flexibility index (Phi) is 33.4. The second kappa shape index (κ2) is 41.4. The van der Waals surface area contributed by atoms with Crippen LogP contribution in [0.2, 0.25) is 0 Å². The monoisotopic (exact) mass is 1410 g/mol. The van der Waals surface area contributed by atoms with Crippen molar-refractivity contribution in [3.63, 3.8) is 0 Å². The number of hydrogen-bond acceptors (Lipinski definition) is 18. The van der Waals surface area contributed by atoms with Crippen LogP contribution in [0.1, 0.15) is 110 Å². The zero-order chi connectivity index (χ0) is 74.2. The van der Waals surface area contributed by atoms with Crippen LogP contribution in [-0.4, -0.2) is 144 Å². The fourth-order valence-electron chi connectivity index (χ4n) is 10.1. The molecule has 0 aliphatic carbocycles. The van der Waals surface area contributed by atoms with Gasteiger partial charge in [0.05, 0.1) is 37.6 Å². The van der Waals surface area contributed by atoms with E-state index in [-0.39, 0.29) is 57.0 Å². The molecule has 0 saturated heterocycles. The number of primary amides is 2. The number of benzene rings is 5. The summed E-state index contributed by atoms with van der Waals surface area (Å²) in [6.07, 6.45) is -1.86. The number of rotatable bonds is 40. The van der Waals surface area contributed by atoms with E-state index in [2.05, 4.69) is 52.8 Å². The van der Waals surface area contributed by atoms with Crippen molar-refractivity contribution in [2.75, 3.05) is 19.1 Å². The molecule has 0 aromatic heterocycles. The molecule has 28 heteroatoms. The van der Waals surface area contributed by atoms with Gasteiger partial charge in [0, 0.05) is 19.3 Å². The lowest BCUT2D eigenvalue weighted by molar-refractivity contribution is -0.154. The normalized spacial score (nSPS) is 14.0. The predicted octanol–water partition coefficient (Wildman–Crippen LogP) is 6.13. The summed E-state index contributed by atoms with van der Waals surface area (Å²) in [6.45, 7) is 13.2. The Bertz CT molecular complexity index is 3560. The molecule has 101 heavy (non-hydrogen) atoms. The number of amides is 10. The molecule has 0 aliphatic heterocycles. The summed E-state index contributed by atoms with van der Waals surface area (Å²) in [5.74, 6) is -8.86. The minimum Gasteiger partial charge on any atom is -0.497 e. The second-order valence-corrected chi connectivity index (χ2v) is 26.8. The van der Waals surface area contributed by atoms with Crippen LogP contribution in [0.3, 0.4) is 0 Å². The molecular weight excluding hydrogens is 1320 g/mol. The van der Waals surface area contributed by atoms with Gasteiger partial charge < -0.3 is 72.9 Å². The number of nitrogens with two attached hydrogens (primary N) is 2. The Hall–Kier alpha value is -10.2. The molecule has 0 heterocycles. The number of carbonyl (C=O) groups is 11. The number of methoxy groups -OCH3 is 1. The van der Waals surface area contributed by atoms with Crippen molar-refractivity contribution in [2.45, 2.75) is 174 Å². The Balaban J connectivity index is 1.35. The van der Waals surface area contributed by atoms with Gasteiger partial charge in [-0.3, -0.25) is 43.2 Å². The van der Waals surface area contributed by atoms with Crippen molar-refractivity contribution >= 4 is 88.4 Å². The van der Waals surface area contributed by atoms with Crippen LogP contribution >= 0.6 is 11.8 Å². The summed E-state index contributed by atoms with van der Waals surface area (Å²) in [7, 11) is 1.56. The van der Waals surface area contributed by atoms with Gasteiger partial charge in [-0.2, -0.15) is 22.0 Å². The van der Waals surface area contributed by atoms with Crippen LogP contribution in [0.25, 0.3) is 0 Å². The smallest absolute Gasteiger partial charge is 0.408 e. The Morgan fingerprint density at radius 1 is 0.475 bits per heavy atom. The molecule has 0 aliphatic rings. The molecule has 12 N–H and O–H groups in total. The van der Waals surface area contributed by atoms with Gasteiger partial charge in [-0.25, -0.2) is 9.59 Å². The highest BCUT2D eigenvalue weighted by atomic mass is 32.2. The third-order valence-corrected chi connectivity index (χ3v) is 16.1. The van der Waals surface area contributed by atoms with E-state index in [1.165, 1.54) is 18.7 Å². The number of thioether (sulfide) groups is 1. The fourth-order valence-corrected chi connectivity index (χ4v) is 10.5. The van der Waals surface area contributed by atoms with Crippen LogP contribution in [0.4, 0.5) is 16.2 Å². The van der Waals surface area contributed by atoms with Gasteiger partial charge in [-0.05, 0) is 129 Å². The van der Waals surface area contributed by atoms with Crippen molar-refractivity contribution in [3.8, 4) is 5.75 Å². The first kappa shape index (κ1) is 81.5. The van der Waals surface area contributed by atoms with Gasteiger partial charge in [-0.1, -0.05) is 131 Å². The van der Waals surface area contributed by atoms with Crippen LogP contribution in [-0.2, 0) is 88.2 Å². The van der Waals surface area contributed by atoms with Crippen molar-refractivity contribution in [1.29, 1.82) is 0 Å².